The van der Waals surface area contributed by atoms with Crippen LogP contribution < -0.4 is 0 Å². The third-order valence-electron chi connectivity index (χ3n) is 5.69. The molecule has 0 spiro atoms. The van der Waals surface area contributed by atoms with Gasteiger partial charge in [-0.2, -0.15) is 0 Å². The molecule has 0 N–H and O–H groups in total. The predicted molar refractivity (Wildman–Crippen MR) is 84.5 cm³/mol. The first kappa shape index (κ1) is 15.3. The van der Waals surface area contributed by atoms with E-state index in [0.717, 1.165) is 43.3 Å². The predicted octanol–water partition coefficient (Wildman–Crippen LogP) is 4.22. The molecule has 1 unspecified atom stereocenters. The van der Waals surface area contributed by atoms with Gasteiger partial charge in [-0.05, 0) is 30.9 Å². The SMILES string of the molecule is CC1(C)C(=O)C(C2(c3ccco3)CCCCC2)=CC1CC=O. The zero-order valence-corrected chi connectivity index (χ0v) is 13.4. The first-order chi connectivity index (χ1) is 10.5. The summed E-state index contributed by atoms with van der Waals surface area (Å²) in [7, 11) is 0. The summed E-state index contributed by atoms with van der Waals surface area (Å²) in [5.41, 5.74) is 0.111. The number of ketones is 1. The van der Waals surface area contributed by atoms with Gasteiger partial charge in [0, 0.05) is 17.4 Å². The maximum atomic E-state index is 13.1. The molecule has 0 radical (unpaired) electrons. The van der Waals surface area contributed by atoms with Crippen LogP contribution in [0, 0.1) is 11.3 Å². The molecular weight excluding hydrogens is 276 g/mol. The van der Waals surface area contributed by atoms with Gasteiger partial charge in [-0.3, -0.25) is 4.79 Å². The van der Waals surface area contributed by atoms with Crippen molar-refractivity contribution in [3.63, 3.8) is 0 Å². The molecule has 1 aromatic rings. The summed E-state index contributed by atoms with van der Waals surface area (Å²) in [6.45, 7) is 3.93. The summed E-state index contributed by atoms with van der Waals surface area (Å²) in [4.78, 5) is 24.1. The van der Waals surface area contributed by atoms with Crippen LogP contribution in [0.4, 0.5) is 0 Å². The Hall–Kier alpha value is -1.64. The van der Waals surface area contributed by atoms with Gasteiger partial charge in [0.05, 0.1) is 11.7 Å². The minimum atomic E-state index is -0.493. The Morgan fingerprint density at radius 1 is 1.27 bits per heavy atom. The Morgan fingerprint density at radius 2 is 2.00 bits per heavy atom. The number of carbonyl (C=O) groups excluding carboxylic acids is 2. The van der Waals surface area contributed by atoms with Crippen LogP contribution in [0.1, 0.15) is 58.1 Å². The lowest BCUT2D eigenvalue weighted by Crippen LogP contribution is -2.37. The molecule has 22 heavy (non-hydrogen) atoms. The van der Waals surface area contributed by atoms with E-state index in [1.807, 2.05) is 26.0 Å². The van der Waals surface area contributed by atoms with E-state index in [1.54, 1.807) is 6.26 Å². The Balaban J connectivity index is 2.07. The van der Waals surface area contributed by atoms with E-state index in [-0.39, 0.29) is 17.1 Å². The number of Topliss-reactive ketones (excluding diaryl/α,β-unsaturated/α-hetero) is 1. The highest BCUT2D eigenvalue weighted by molar-refractivity contribution is 6.04. The van der Waals surface area contributed by atoms with Crippen molar-refractivity contribution in [2.45, 2.75) is 57.8 Å². The quantitative estimate of drug-likeness (QED) is 0.782. The minimum absolute atomic E-state index is 0.00117. The largest absolute Gasteiger partial charge is 0.468 e. The minimum Gasteiger partial charge on any atom is -0.468 e. The molecule has 1 aromatic heterocycles. The number of aldehydes is 1. The Bertz CT molecular complexity index is 586. The van der Waals surface area contributed by atoms with E-state index in [4.69, 9.17) is 4.42 Å². The topological polar surface area (TPSA) is 47.3 Å². The smallest absolute Gasteiger partial charge is 0.165 e. The van der Waals surface area contributed by atoms with Gasteiger partial charge in [0.2, 0.25) is 0 Å². The average molecular weight is 300 g/mol. The van der Waals surface area contributed by atoms with Crippen LogP contribution in [-0.4, -0.2) is 12.1 Å². The first-order valence-corrected chi connectivity index (χ1v) is 8.27. The number of allylic oxidation sites excluding steroid dienone is 2. The van der Waals surface area contributed by atoms with Gasteiger partial charge in [-0.15, -0.1) is 0 Å². The fourth-order valence-electron chi connectivity index (χ4n) is 4.20. The standard InChI is InChI=1S/C19H24O3/c1-18(2)14(8-11-20)13-15(17(18)21)19(9-4-3-5-10-19)16-7-6-12-22-16/h6-7,11-14H,3-5,8-10H2,1-2H3. The van der Waals surface area contributed by atoms with E-state index >= 15 is 0 Å². The maximum absolute atomic E-state index is 13.1. The van der Waals surface area contributed by atoms with Gasteiger partial charge >= 0.3 is 0 Å². The average Bonchev–Trinajstić information content (AvgIpc) is 3.12. The summed E-state index contributed by atoms with van der Waals surface area (Å²) in [6.07, 6.45) is 10.5. The molecule has 1 saturated carbocycles. The van der Waals surface area contributed by atoms with E-state index in [0.29, 0.717) is 6.42 Å². The van der Waals surface area contributed by atoms with Crippen LogP contribution in [-0.2, 0) is 15.0 Å². The highest BCUT2D eigenvalue weighted by atomic mass is 16.3. The summed E-state index contributed by atoms with van der Waals surface area (Å²) in [6, 6.07) is 3.90. The van der Waals surface area contributed by atoms with Crippen molar-refractivity contribution in [3.05, 3.63) is 35.8 Å². The van der Waals surface area contributed by atoms with Crippen LogP contribution in [0.5, 0.6) is 0 Å². The molecular formula is C19H24O3. The Morgan fingerprint density at radius 3 is 2.59 bits per heavy atom. The normalized spacial score (nSPS) is 26.7. The molecule has 1 fully saturated rings. The molecule has 3 heteroatoms. The van der Waals surface area contributed by atoms with Crippen molar-refractivity contribution in [2.75, 3.05) is 0 Å². The van der Waals surface area contributed by atoms with Crippen LogP contribution >= 0.6 is 0 Å². The summed E-state index contributed by atoms with van der Waals surface area (Å²) < 4.78 is 5.74. The van der Waals surface area contributed by atoms with E-state index in [1.165, 1.54) is 6.42 Å². The maximum Gasteiger partial charge on any atom is 0.165 e. The third-order valence-corrected chi connectivity index (χ3v) is 5.69. The molecule has 118 valence electrons. The molecule has 0 amide bonds. The highest BCUT2D eigenvalue weighted by Crippen LogP contribution is 2.52. The lowest BCUT2D eigenvalue weighted by atomic mass is 9.65. The van der Waals surface area contributed by atoms with Gasteiger partial charge in [0.15, 0.2) is 5.78 Å². The van der Waals surface area contributed by atoms with Crippen LogP contribution in [0.3, 0.4) is 0 Å². The van der Waals surface area contributed by atoms with Crippen LogP contribution in [0.15, 0.2) is 34.5 Å². The molecule has 1 atom stereocenters. The molecule has 0 aromatic carbocycles. The van der Waals surface area contributed by atoms with Crippen molar-refractivity contribution in [2.24, 2.45) is 11.3 Å². The number of hydrogen-bond acceptors (Lipinski definition) is 3. The first-order valence-electron chi connectivity index (χ1n) is 8.27. The second-order valence-electron chi connectivity index (χ2n) is 7.26. The number of rotatable bonds is 4. The molecule has 2 aliphatic rings. The van der Waals surface area contributed by atoms with Crippen molar-refractivity contribution in [1.29, 1.82) is 0 Å². The summed E-state index contributed by atoms with van der Waals surface area (Å²) in [5, 5.41) is 0. The molecule has 3 rings (SSSR count). The van der Waals surface area contributed by atoms with Gasteiger partial charge in [-0.25, -0.2) is 0 Å². The Labute approximate surface area is 131 Å². The zero-order valence-electron chi connectivity index (χ0n) is 13.4. The Kier molecular flexibility index (Phi) is 3.84. The molecule has 0 saturated heterocycles. The van der Waals surface area contributed by atoms with Gasteiger partial charge in [0.1, 0.15) is 12.0 Å². The van der Waals surface area contributed by atoms with E-state index in [2.05, 4.69) is 6.08 Å². The number of carbonyl (C=O) groups is 2. The fourth-order valence-corrected chi connectivity index (χ4v) is 4.20. The van der Waals surface area contributed by atoms with Crippen molar-refractivity contribution >= 4 is 12.1 Å². The number of hydrogen-bond donors (Lipinski definition) is 0. The number of furan rings is 1. The monoisotopic (exact) mass is 300 g/mol. The summed E-state index contributed by atoms with van der Waals surface area (Å²) >= 11 is 0. The zero-order chi connectivity index (χ0) is 15.8. The van der Waals surface area contributed by atoms with Crippen molar-refractivity contribution in [1.82, 2.24) is 0 Å². The second-order valence-corrected chi connectivity index (χ2v) is 7.26. The van der Waals surface area contributed by atoms with Gasteiger partial charge in [0.25, 0.3) is 0 Å². The van der Waals surface area contributed by atoms with Crippen LogP contribution in [0.25, 0.3) is 0 Å². The lowest BCUT2D eigenvalue weighted by Gasteiger charge is -2.37. The molecule has 2 aliphatic carbocycles. The van der Waals surface area contributed by atoms with E-state index < -0.39 is 5.41 Å². The molecule has 0 aliphatic heterocycles. The third kappa shape index (κ3) is 2.18. The molecule has 1 heterocycles. The molecule has 3 nitrogen and oxygen atoms in total. The van der Waals surface area contributed by atoms with Crippen molar-refractivity contribution < 1.29 is 14.0 Å². The van der Waals surface area contributed by atoms with Gasteiger partial charge < -0.3 is 9.21 Å². The fraction of sp³-hybridized carbons (Fsp3) is 0.579. The summed E-state index contributed by atoms with van der Waals surface area (Å²) in [5.74, 6) is 1.10. The molecule has 0 bridgehead atoms. The second kappa shape index (κ2) is 5.53. The van der Waals surface area contributed by atoms with Gasteiger partial charge in [-0.1, -0.05) is 39.2 Å². The van der Waals surface area contributed by atoms with Crippen molar-refractivity contribution in [3.8, 4) is 0 Å². The van der Waals surface area contributed by atoms with Crippen LogP contribution in [0.2, 0.25) is 0 Å². The lowest BCUT2D eigenvalue weighted by molar-refractivity contribution is -0.124. The highest BCUT2D eigenvalue weighted by Gasteiger charge is 2.51. The van der Waals surface area contributed by atoms with E-state index in [9.17, 15) is 9.59 Å².